The highest BCUT2D eigenvalue weighted by Crippen LogP contribution is 2.40. The first kappa shape index (κ1) is 24.2. The van der Waals surface area contributed by atoms with Gasteiger partial charge >= 0.3 is 5.97 Å². The number of carbonyl (C=O) groups excluding carboxylic acids is 1. The van der Waals surface area contributed by atoms with Crippen LogP contribution in [0.3, 0.4) is 0 Å². The van der Waals surface area contributed by atoms with Gasteiger partial charge < -0.3 is 19.2 Å². The summed E-state index contributed by atoms with van der Waals surface area (Å²) in [7, 11) is 0. The zero-order chi connectivity index (χ0) is 27.2. The number of nitrogens with zero attached hydrogens (tertiary/aromatic N) is 2. The number of H-pyrrole nitrogens is 1. The molecule has 0 radical (unpaired) electrons. The second kappa shape index (κ2) is 9.69. The number of nitrogens with one attached hydrogen (secondary N) is 1. The van der Waals surface area contributed by atoms with Gasteiger partial charge in [0, 0.05) is 28.2 Å². The molecule has 0 saturated carbocycles. The van der Waals surface area contributed by atoms with Crippen LogP contribution in [0.2, 0.25) is 0 Å². The maximum absolute atomic E-state index is 14.1. The second-order valence-corrected chi connectivity index (χ2v) is 10.3. The van der Waals surface area contributed by atoms with Crippen molar-refractivity contribution in [2.24, 2.45) is 4.99 Å². The third-order valence-corrected chi connectivity index (χ3v) is 7.98. The van der Waals surface area contributed by atoms with Crippen molar-refractivity contribution in [2.45, 2.75) is 13.0 Å². The van der Waals surface area contributed by atoms with Crippen LogP contribution in [0.25, 0.3) is 22.7 Å². The average molecular weight is 550 g/mol. The topological polar surface area (TPSA) is 94.9 Å². The summed E-state index contributed by atoms with van der Waals surface area (Å²) >= 11 is 1.29. The number of esters is 1. The summed E-state index contributed by atoms with van der Waals surface area (Å²) in [6.45, 7) is 2.05. The maximum Gasteiger partial charge on any atom is 0.338 e. The van der Waals surface area contributed by atoms with E-state index in [1.807, 2.05) is 79.0 Å². The van der Waals surface area contributed by atoms with Gasteiger partial charge in [-0.05, 0) is 36.8 Å². The van der Waals surface area contributed by atoms with E-state index in [-0.39, 0.29) is 24.5 Å². The molecule has 9 heteroatoms. The fourth-order valence-electron chi connectivity index (χ4n) is 5.19. The van der Waals surface area contributed by atoms with E-state index in [9.17, 15) is 9.59 Å². The smallest absolute Gasteiger partial charge is 0.338 e. The van der Waals surface area contributed by atoms with Crippen LogP contribution in [-0.4, -0.2) is 28.9 Å². The predicted octanol–water partition coefficient (Wildman–Crippen LogP) is 4.15. The fourth-order valence-corrected chi connectivity index (χ4v) is 6.19. The largest absolute Gasteiger partial charge is 0.463 e. The summed E-state index contributed by atoms with van der Waals surface area (Å²) in [6, 6.07) is 22.1. The van der Waals surface area contributed by atoms with Gasteiger partial charge in [0.2, 0.25) is 6.79 Å². The van der Waals surface area contributed by atoms with Crippen LogP contribution in [0, 0.1) is 0 Å². The number of aromatic amines is 1. The van der Waals surface area contributed by atoms with Gasteiger partial charge in [-0.15, -0.1) is 0 Å². The number of rotatable bonds is 5. The Bertz CT molecular complexity index is 2000. The number of hydrogen-bond acceptors (Lipinski definition) is 7. The van der Waals surface area contributed by atoms with E-state index in [0.29, 0.717) is 32.1 Å². The Kier molecular flexibility index (Phi) is 5.86. The van der Waals surface area contributed by atoms with E-state index in [2.05, 4.69) is 4.98 Å². The van der Waals surface area contributed by atoms with Crippen LogP contribution in [0.15, 0.2) is 94.4 Å². The number of aromatic nitrogens is 2. The second-order valence-electron chi connectivity index (χ2n) is 9.33. The highest BCUT2D eigenvalue weighted by Gasteiger charge is 2.36. The number of hydrogen-bond donors (Lipinski definition) is 1. The molecule has 0 saturated heterocycles. The van der Waals surface area contributed by atoms with Crippen LogP contribution in [-0.2, 0) is 9.53 Å². The number of ether oxygens (including phenoxy) is 3. The van der Waals surface area contributed by atoms with Crippen molar-refractivity contribution < 1.29 is 19.0 Å². The van der Waals surface area contributed by atoms with E-state index < -0.39 is 12.0 Å². The van der Waals surface area contributed by atoms with E-state index in [0.717, 1.165) is 22.0 Å². The minimum Gasteiger partial charge on any atom is -0.463 e. The normalized spacial score (nSPS) is 16.2. The minimum absolute atomic E-state index is 0.113. The molecule has 7 rings (SSSR count). The molecule has 4 heterocycles. The van der Waals surface area contributed by atoms with Gasteiger partial charge in [-0.25, -0.2) is 9.79 Å². The molecular weight excluding hydrogens is 526 g/mol. The highest BCUT2D eigenvalue weighted by molar-refractivity contribution is 7.07. The highest BCUT2D eigenvalue weighted by atomic mass is 32.1. The molecule has 2 aliphatic rings. The van der Waals surface area contributed by atoms with Crippen molar-refractivity contribution in [1.29, 1.82) is 0 Å². The molecule has 1 N–H and O–H groups in total. The summed E-state index contributed by atoms with van der Waals surface area (Å²) in [5.41, 5.74) is 3.84. The van der Waals surface area contributed by atoms with Crippen molar-refractivity contribution in [3.05, 3.63) is 121 Å². The van der Waals surface area contributed by atoms with E-state index in [4.69, 9.17) is 19.2 Å². The standard InChI is InChI=1S/C31H23N3O5S/c1-2-37-30(36)26-27(18-8-4-3-5-9-18)33-31-34(28(26)19-12-13-23-24(14-19)39-17-38-23)29(35)25(40-31)15-20-16-32-22-11-7-6-10-21(20)22/h3-16,28,32H,2,17H2,1H3. The Labute approximate surface area is 232 Å². The molecule has 0 amide bonds. The molecule has 0 spiro atoms. The van der Waals surface area contributed by atoms with Crippen molar-refractivity contribution in [3.63, 3.8) is 0 Å². The first-order valence-corrected chi connectivity index (χ1v) is 13.7. The van der Waals surface area contributed by atoms with Gasteiger partial charge in [0.1, 0.15) is 0 Å². The monoisotopic (exact) mass is 549 g/mol. The third kappa shape index (κ3) is 3.94. The molecule has 3 aromatic carbocycles. The Hall–Kier alpha value is -4.89. The predicted molar refractivity (Wildman–Crippen MR) is 152 cm³/mol. The van der Waals surface area contributed by atoms with Gasteiger partial charge in [-0.2, -0.15) is 0 Å². The number of fused-ring (bicyclic) bond motifs is 3. The lowest BCUT2D eigenvalue weighted by atomic mass is 9.93. The van der Waals surface area contributed by atoms with Gasteiger partial charge in [0.15, 0.2) is 16.3 Å². The van der Waals surface area contributed by atoms with Crippen molar-refractivity contribution in [1.82, 2.24) is 9.55 Å². The summed E-state index contributed by atoms with van der Waals surface area (Å²) in [6.07, 6.45) is 3.76. The Balaban J connectivity index is 1.51. The van der Waals surface area contributed by atoms with E-state index >= 15 is 0 Å². The number of benzene rings is 3. The summed E-state index contributed by atoms with van der Waals surface area (Å²) < 4.78 is 18.8. The van der Waals surface area contributed by atoms with Gasteiger partial charge in [-0.3, -0.25) is 9.36 Å². The molecule has 0 aliphatic carbocycles. The maximum atomic E-state index is 14.1. The molecule has 8 nitrogen and oxygen atoms in total. The molecule has 5 aromatic rings. The molecule has 1 atom stereocenters. The fraction of sp³-hybridized carbons (Fsp3) is 0.129. The van der Waals surface area contributed by atoms with Crippen molar-refractivity contribution in [3.8, 4) is 11.5 Å². The summed E-state index contributed by atoms with van der Waals surface area (Å²) in [5, 5.41) is 1.01. The lowest BCUT2D eigenvalue weighted by Gasteiger charge is -2.26. The zero-order valence-electron chi connectivity index (χ0n) is 21.4. The van der Waals surface area contributed by atoms with Crippen LogP contribution in [0.5, 0.6) is 11.5 Å². The third-order valence-electron chi connectivity index (χ3n) is 6.99. The lowest BCUT2D eigenvalue weighted by Crippen LogP contribution is -2.40. The number of para-hydroxylation sites is 1. The van der Waals surface area contributed by atoms with Gasteiger partial charge in [0.05, 0.1) is 28.5 Å². The molecule has 2 aliphatic heterocycles. The Morgan fingerprint density at radius 1 is 1.10 bits per heavy atom. The molecule has 2 aromatic heterocycles. The molecule has 198 valence electrons. The first-order valence-electron chi connectivity index (χ1n) is 12.9. The quantitative estimate of drug-likeness (QED) is 0.333. The molecular formula is C31H23N3O5S. The van der Waals surface area contributed by atoms with Crippen LogP contribution in [0.1, 0.15) is 29.7 Å². The van der Waals surface area contributed by atoms with Crippen LogP contribution < -0.4 is 24.4 Å². The average Bonchev–Trinajstić information content (AvgIpc) is 3.70. The van der Waals surface area contributed by atoms with E-state index in [1.54, 1.807) is 17.6 Å². The molecule has 40 heavy (non-hydrogen) atoms. The Morgan fingerprint density at radius 3 is 2.75 bits per heavy atom. The number of carbonyl (C=O) groups is 1. The first-order chi connectivity index (χ1) is 19.6. The molecule has 0 bridgehead atoms. The lowest BCUT2D eigenvalue weighted by molar-refractivity contribution is -0.138. The van der Waals surface area contributed by atoms with Gasteiger partial charge in [-0.1, -0.05) is 65.9 Å². The SMILES string of the molecule is CCOC(=O)C1=C(c2ccccc2)N=c2sc(=Cc3c[nH]c4ccccc34)c(=O)n2C1c1ccc2c(c1)OCO2. The van der Waals surface area contributed by atoms with Gasteiger partial charge in [0.25, 0.3) is 5.56 Å². The number of thiazole rings is 1. The van der Waals surface area contributed by atoms with Crippen LogP contribution >= 0.6 is 11.3 Å². The molecule has 0 fully saturated rings. The van der Waals surface area contributed by atoms with E-state index in [1.165, 1.54) is 11.3 Å². The summed E-state index contributed by atoms with van der Waals surface area (Å²) in [4.78, 5) is 36.4. The van der Waals surface area contributed by atoms with Crippen molar-refractivity contribution >= 4 is 40.0 Å². The molecule has 1 unspecified atom stereocenters. The Morgan fingerprint density at radius 2 is 1.90 bits per heavy atom. The summed E-state index contributed by atoms with van der Waals surface area (Å²) in [5.74, 6) is 0.638. The van der Waals surface area contributed by atoms with Crippen LogP contribution in [0.4, 0.5) is 0 Å². The zero-order valence-corrected chi connectivity index (χ0v) is 22.2. The van der Waals surface area contributed by atoms with Crippen molar-refractivity contribution in [2.75, 3.05) is 13.4 Å². The minimum atomic E-state index is -0.787.